The van der Waals surface area contributed by atoms with E-state index in [2.05, 4.69) is 93.0 Å². The molecule has 47 heavy (non-hydrogen) atoms. The highest BCUT2D eigenvalue weighted by molar-refractivity contribution is 6.74. The van der Waals surface area contributed by atoms with Crippen LogP contribution in [0.3, 0.4) is 0 Å². The lowest BCUT2D eigenvalue weighted by atomic mass is 9.78. The van der Waals surface area contributed by atoms with Crippen molar-refractivity contribution in [3.8, 4) is 17.6 Å². The first-order chi connectivity index (χ1) is 22.3. The van der Waals surface area contributed by atoms with Gasteiger partial charge in [-0.2, -0.15) is 5.10 Å². The molecule has 2 aliphatic rings. The molecule has 0 N–H and O–H groups in total. The third-order valence-corrected chi connectivity index (χ3v) is 15.5. The van der Waals surface area contributed by atoms with E-state index in [1.165, 1.54) is 11.1 Å². The quantitative estimate of drug-likeness (QED) is 0.180. The SMILES string of the molecule is COc1ccc([C@H]2CC[C@H](CN(c3cccc(C#Cc4cnn(C)c4)c3)C(=O)[C@H]3CC[C@H](O[Si](C)(C)C(C)(C)C)CC3)CC2)cc1C. The van der Waals surface area contributed by atoms with Crippen LogP contribution in [-0.4, -0.2) is 43.8 Å². The molecule has 7 heteroatoms. The van der Waals surface area contributed by atoms with Gasteiger partial charge in [0.1, 0.15) is 5.75 Å². The summed E-state index contributed by atoms with van der Waals surface area (Å²) < 4.78 is 14.0. The van der Waals surface area contributed by atoms with Crippen LogP contribution in [0.2, 0.25) is 18.1 Å². The Labute approximate surface area is 284 Å². The van der Waals surface area contributed by atoms with Crippen molar-refractivity contribution in [3.63, 3.8) is 0 Å². The minimum atomic E-state index is -1.84. The molecule has 252 valence electrons. The van der Waals surface area contributed by atoms with Crippen molar-refractivity contribution in [2.75, 3.05) is 18.6 Å². The molecule has 5 rings (SSSR count). The number of benzene rings is 2. The molecule has 6 nitrogen and oxygen atoms in total. The number of hydrogen-bond donors (Lipinski definition) is 0. The van der Waals surface area contributed by atoms with Crippen molar-refractivity contribution in [3.05, 3.63) is 77.1 Å². The molecule has 3 aromatic rings. The van der Waals surface area contributed by atoms with E-state index in [0.29, 0.717) is 11.8 Å². The number of hydrogen-bond acceptors (Lipinski definition) is 4. The average Bonchev–Trinajstić information content (AvgIpc) is 3.47. The van der Waals surface area contributed by atoms with Gasteiger partial charge in [0.05, 0.1) is 18.9 Å². The fraction of sp³-hybridized carbons (Fsp3) is 0.550. The highest BCUT2D eigenvalue weighted by Crippen LogP contribution is 2.41. The summed E-state index contributed by atoms with van der Waals surface area (Å²) in [4.78, 5) is 16.5. The van der Waals surface area contributed by atoms with Gasteiger partial charge in [-0.25, -0.2) is 0 Å². The van der Waals surface area contributed by atoms with Crippen LogP contribution in [0, 0.1) is 30.6 Å². The molecule has 1 amide bonds. The van der Waals surface area contributed by atoms with Crippen LogP contribution in [-0.2, 0) is 16.3 Å². The highest BCUT2D eigenvalue weighted by Gasteiger charge is 2.41. The fourth-order valence-electron chi connectivity index (χ4n) is 7.04. The van der Waals surface area contributed by atoms with Gasteiger partial charge >= 0.3 is 0 Å². The Hall–Kier alpha value is -3.34. The van der Waals surface area contributed by atoms with Crippen LogP contribution in [0.15, 0.2) is 54.9 Å². The molecule has 2 aliphatic carbocycles. The van der Waals surface area contributed by atoms with Gasteiger partial charge in [0.25, 0.3) is 0 Å². The van der Waals surface area contributed by atoms with Crippen LogP contribution < -0.4 is 9.64 Å². The fourth-order valence-corrected chi connectivity index (χ4v) is 8.46. The normalized spacial score (nSPS) is 21.9. The predicted octanol–water partition coefficient (Wildman–Crippen LogP) is 9.02. The molecule has 2 aromatic carbocycles. The van der Waals surface area contributed by atoms with E-state index in [1.807, 2.05) is 25.4 Å². The molecule has 0 spiro atoms. The lowest BCUT2D eigenvalue weighted by Gasteiger charge is -2.41. The molecule has 0 radical (unpaired) electrons. The van der Waals surface area contributed by atoms with Crippen molar-refractivity contribution >= 4 is 19.9 Å². The van der Waals surface area contributed by atoms with E-state index < -0.39 is 8.32 Å². The Morgan fingerprint density at radius 2 is 1.68 bits per heavy atom. The maximum Gasteiger partial charge on any atom is 0.230 e. The molecule has 2 saturated carbocycles. The molecular formula is C40H55N3O3Si. The lowest BCUT2D eigenvalue weighted by Crippen LogP contribution is -2.46. The monoisotopic (exact) mass is 653 g/mol. The smallest absolute Gasteiger partial charge is 0.230 e. The summed E-state index contributed by atoms with van der Waals surface area (Å²) in [5.74, 6) is 8.80. The number of methoxy groups -OCH3 is 1. The first kappa shape index (κ1) is 35.0. The molecule has 0 bridgehead atoms. The lowest BCUT2D eigenvalue weighted by molar-refractivity contribution is -0.124. The highest BCUT2D eigenvalue weighted by atomic mass is 28.4. The van der Waals surface area contributed by atoms with Gasteiger partial charge in [0.15, 0.2) is 8.32 Å². The summed E-state index contributed by atoms with van der Waals surface area (Å²) in [5, 5.41) is 4.42. The van der Waals surface area contributed by atoms with E-state index in [9.17, 15) is 4.79 Å². The van der Waals surface area contributed by atoms with E-state index in [4.69, 9.17) is 9.16 Å². The summed E-state index contributed by atoms with van der Waals surface area (Å²) >= 11 is 0. The van der Waals surface area contributed by atoms with Crippen molar-refractivity contribution in [1.82, 2.24) is 9.78 Å². The van der Waals surface area contributed by atoms with E-state index in [-0.39, 0.29) is 23.0 Å². The number of carbonyl (C=O) groups is 1. The van der Waals surface area contributed by atoms with Crippen LogP contribution in [0.5, 0.6) is 5.75 Å². The minimum Gasteiger partial charge on any atom is -0.496 e. The Morgan fingerprint density at radius 3 is 2.30 bits per heavy atom. The van der Waals surface area contributed by atoms with Gasteiger partial charge in [-0.05, 0) is 124 Å². The molecule has 0 saturated heterocycles. The molecule has 2 fully saturated rings. The topological polar surface area (TPSA) is 56.6 Å². The van der Waals surface area contributed by atoms with Crippen molar-refractivity contribution in [1.29, 1.82) is 0 Å². The summed E-state index contributed by atoms with van der Waals surface area (Å²) in [6.45, 7) is 14.4. The van der Waals surface area contributed by atoms with Crippen molar-refractivity contribution in [2.24, 2.45) is 18.9 Å². The van der Waals surface area contributed by atoms with Crippen LogP contribution >= 0.6 is 0 Å². The van der Waals surface area contributed by atoms with Crippen LogP contribution in [0.1, 0.15) is 100 Å². The molecular weight excluding hydrogens is 599 g/mol. The number of aryl methyl sites for hydroxylation is 2. The summed E-state index contributed by atoms with van der Waals surface area (Å²) in [5.41, 5.74) is 5.35. The minimum absolute atomic E-state index is 0.0259. The average molecular weight is 654 g/mol. The molecule has 0 aliphatic heterocycles. The summed E-state index contributed by atoms with van der Waals surface area (Å²) in [6, 6.07) is 14.9. The Morgan fingerprint density at radius 1 is 0.979 bits per heavy atom. The molecule has 0 atom stereocenters. The third kappa shape index (κ3) is 8.77. The molecule has 0 unspecified atom stereocenters. The largest absolute Gasteiger partial charge is 0.496 e. The van der Waals surface area contributed by atoms with Crippen molar-refractivity contribution < 1.29 is 14.0 Å². The number of ether oxygens (including phenoxy) is 1. The third-order valence-electron chi connectivity index (χ3n) is 10.9. The number of anilines is 1. The molecule has 1 heterocycles. The van der Waals surface area contributed by atoms with Gasteiger partial charge in [0, 0.05) is 43.1 Å². The Kier molecular flexibility index (Phi) is 11.0. The zero-order valence-corrected chi connectivity index (χ0v) is 30.9. The number of rotatable bonds is 8. The number of amides is 1. The first-order valence-electron chi connectivity index (χ1n) is 17.6. The van der Waals surface area contributed by atoms with Gasteiger partial charge < -0.3 is 14.1 Å². The maximum absolute atomic E-state index is 14.4. The number of nitrogens with zero attached hydrogens (tertiary/aromatic N) is 3. The number of carbonyl (C=O) groups excluding carboxylic acids is 1. The number of aromatic nitrogens is 2. The first-order valence-corrected chi connectivity index (χ1v) is 20.5. The summed E-state index contributed by atoms with van der Waals surface area (Å²) in [7, 11) is 1.79. The standard InChI is InChI=1S/C40H55N3O3Si/c1-29-24-35(20-23-38(29)45-6)33-16-14-31(15-17-33)28-43(36-11-9-10-30(25-36)12-13-32-26-41-42(5)27-32)39(44)34-18-21-37(22-19-34)46-47(7,8)40(2,3)4/h9-11,20,23-27,31,33-34,37H,14-19,21-22,28H2,1-8H3/t31-,33-,34-,37-. The second kappa shape index (κ2) is 14.8. The van der Waals surface area contributed by atoms with Crippen LogP contribution in [0.4, 0.5) is 5.69 Å². The molecule has 1 aromatic heterocycles. The van der Waals surface area contributed by atoms with Crippen molar-refractivity contribution in [2.45, 2.75) is 109 Å². The maximum atomic E-state index is 14.4. The second-order valence-corrected chi connectivity index (χ2v) is 20.2. The van der Waals surface area contributed by atoms with Gasteiger partial charge in [-0.3, -0.25) is 9.48 Å². The zero-order valence-electron chi connectivity index (χ0n) is 29.9. The Balaban J connectivity index is 1.30. The van der Waals surface area contributed by atoms with E-state index >= 15 is 0 Å². The van der Waals surface area contributed by atoms with Gasteiger partial charge in [0.2, 0.25) is 5.91 Å². The van der Waals surface area contributed by atoms with Gasteiger partial charge in [-0.1, -0.05) is 50.8 Å². The van der Waals surface area contributed by atoms with Crippen LogP contribution in [0.25, 0.3) is 0 Å². The zero-order chi connectivity index (χ0) is 33.8. The summed E-state index contributed by atoms with van der Waals surface area (Å²) in [6.07, 6.45) is 12.2. The second-order valence-electron chi connectivity index (χ2n) is 15.5. The predicted molar refractivity (Wildman–Crippen MR) is 194 cm³/mol. The Bertz CT molecular complexity index is 1580. The van der Waals surface area contributed by atoms with E-state index in [1.54, 1.807) is 18.0 Å². The van der Waals surface area contributed by atoms with E-state index in [0.717, 1.165) is 80.5 Å². The van der Waals surface area contributed by atoms with Gasteiger partial charge in [-0.15, -0.1) is 0 Å².